The third kappa shape index (κ3) is 4.19. The van der Waals surface area contributed by atoms with E-state index >= 15 is 0 Å². The minimum absolute atomic E-state index is 0.104. The third-order valence-corrected chi connectivity index (χ3v) is 4.42. The van der Waals surface area contributed by atoms with E-state index in [2.05, 4.69) is 28.2 Å². The van der Waals surface area contributed by atoms with Crippen LogP contribution in [0.5, 0.6) is 5.75 Å². The highest BCUT2D eigenvalue weighted by Gasteiger charge is 2.36. The van der Waals surface area contributed by atoms with E-state index in [1.165, 1.54) is 7.11 Å². The molecule has 0 spiro atoms. The smallest absolute Gasteiger partial charge is 0.310 e. The number of benzene rings is 1. The molecule has 1 fully saturated rings. The molecule has 2 atom stereocenters. The summed E-state index contributed by atoms with van der Waals surface area (Å²) in [6, 6.07) is 6.13. The monoisotopic (exact) mass is 333 g/mol. The van der Waals surface area contributed by atoms with E-state index in [9.17, 15) is 4.79 Å². The van der Waals surface area contributed by atoms with Crippen molar-refractivity contribution in [1.82, 2.24) is 10.2 Å². The van der Waals surface area contributed by atoms with Crippen molar-refractivity contribution in [1.29, 1.82) is 0 Å². The highest BCUT2D eigenvalue weighted by molar-refractivity contribution is 5.82. The summed E-state index contributed by atoms with van der Waals surface area (Å²) in [5, 5.41) is 3.37. The van der Waals surface area contributed by atoms with Crippen LogP contribution in [0.2, 0.25) is 0 Å². The van der Waals surface area contributed by atoms with Gasteiger partial charge in [-0.15, -0.1) is 0 Å². The fourth-order valence-electron chi connectivity index (χ4n) is 3.16. The third-order valence-electron chi connectivity index (χ3n) is 4.42. The molecule has 132 valence electrons. The molecule has 0 amide bonds. The lowest BCUT2D eigenvalue weighted by atomic mass is 9.99. The Morgan fingerprint density at radius 3 is 2.71 bits per heavy atom. The maximum absolute atomic E-state index is 11.8. The van der Waals surface area contributed by atoms with E-state index in [1.807, 2.05) is 19.1 Å². The summed E-state index contributed by atoms with van der Waals surface area (Å²) in [4.78, 5) is 18.3. The van der Waals surface area contributed by atoms with E-state index in [0.717, 1.165) is 29.4 Å². The molecule has 0 bridgehead atoms. The number of aryl methyl sites for hydroxylation is 1. The minimum atomic E-state index is -0.149. The molecule has 6 heteroatoms. The largest absolute Gasteiger partial charge is 0.497 e. The highest BCUT2D eigenvalue weighted by Crippen LogP contribution is 2.24. The Bertz CT molecular complexity index is 616. The van der Waals surface area contributed by atoms with Gasteiger partial charge in [0.05, 0.1) is 20.1 Å². The summed E-state index contributed by atoms with van der Waals surface area (Å²) < 4.78 is 10.2. The fraction of sp³-hybridized carbons (Fsp3) is 0.556. The Balaban J connectivity index is 2.01. The van der Waals surface area contributed by atoms with Gasteiger partial charge in [0, 0.05) is 26.7 Å². The fourth-order valence-corrected chi connectivity index (χ4v) is 3.16. The molecule has 1 aromatic rings. The average Bonchev–Trinajstić information content (AvgIpc) is 2.95. The molecule has 2 rings (SSSR count). The Hall–Kier alpha value is -2.24. The maximum Gasteiger partial charge on any atom is 0.310 e. The standard InChI is InChI=1S/C18H27N3O3/c1-12-6-14(8-15(7-12)23-4)9-20-18(19-3)21-10-13(2)16(11-21)17(22)24-5/h6-8,13,16H,9-11H2,1-5H3,(H,19,20). The van der Waals surface area contributed by atoms with Crippen molar-refractivity contribution in [2.75, 3.05) is 34.4 Å². The lowest BCUT2D eigenvalue weighted by Crippen LogP contribution is -2.40. The number of methoxy groups -OCH3 is 2. The number of hydrogen-bond donors (Lipinski definition) is 1. The predicted octanol–water partition coefficient (Wildman–Crippen LogP) is 1.82. The zero-order valence-corrected chi connectivity index (χ0v) is 15.1. The number of aliphatic imine (C=N–C) groups is 1. The molecule has 2 unspecified atom stereocenters. The maximum atomic E-state index is 11.8. The molecule has 0 saturated carbocycles. The van der Waals surface area contributed by atoms with Gasteiger partial charge in [-0.1, -0.05) is 13.0 Å². The van der Waals surface area contributed by atoms with Crippen LogP contribution in [0.4, 0.5) is 0 Å². The zero-order chi connectivity index (χ0) is 17.7. The van der Waals surface area contributed by atoms with E-state index in [0.29, 0.717) is 13.1 Å². The molecule has 1 aliphatic rings. The van der Waals surface area contributed by atoms with Crippen LogP contribution in [0.25, 0.3) is 0 Å². The molecule has 0 radical (unpaired) electrons. The van der Waals surface area contributed by atoms with Crippen molar-refractivity contribution in [3.05, 3.63) is 29.3 Å². The van der Waals surface area contributed by atoms with Gasteiger partial charge in [0.15, 0.2) is 5.96 Å². The lowest BCUT2D eigenvalue weighted by molar-refractivity contribution is -0.145. The number of likely N-dealkylation sites (tertiary alicyclic amines) is 1. The first kappa shape index (κ1) is 18.1. The van der Waals surface area contributed by atoms with Crippen molar-refractivity contribution >= 4 is 11.9 Å². The number of guanidine groups is 1. The van der Waals surface area contributed by atoms with Crippen molar-refractivity contribution in [3.8, 4) is 5.75 Å². The first-order chi connectivity index (χ1) is 11.5. The quantitative estimate of drug-likeness (QED) is 0.517. The molecular weight excluding hydrogens is 306 g/mol. The second-order valence-corrected chi connectivity index (χ2v) is 6.27. The minimum Gasteiger partial charge on any atom is -0.497 e. The van der Waals surface area contributed by atoms with Crippen molar-refractivity contribution < 1.29 is 14.3 Å². The molecule has 0 aromatic heterocycles. The second-order valence-electron chi connectivity index (χ2n) is 6.27. The van der Waals surface area contributed by atoms with E-state index in [-0.39, 0.29) is 17.8 Å². The number of carbonyl (C=O) groups excluding carboxylic acids is 1. The van der Waals surface area contributed by atoms with Crippen LogP contribution in [-0.2, 0) is 16.1 Å². The average molecular weight is 333 g/mol. The van der Waals surface area contributed by atoms with Crippen LogP contribution in [0, 0.1) is 18.8 Å². The van der Waals surface area contributed by atoms with E-state index in [4.69, 9.17) is 9.47 Å². The summed E-state index contributed by atoms with van der Waals surface area (Å²) in [6.07, 6.45) is 0. The van der Waals surface area contributed by atoms with Crippen molar-refractivity contribution in [3.63, 3.8) is 0 Å². The second kappa shape index (κ2) is 8.04. The van der Waals surface area contributed by atoms with Gasteiger partial charge < -0.3 is 19.7 Å². The van der Waals surface area contributed by atoms with Gasteiger partial charge in [-0.3, -0.25) is 9.79 Å². The summed E-state index contributed by atoms with van der Waals surface area (Å²) in [5.74, 6) is 1.64. The van der Waals surface area contributed by atoms with E-state index < -0.39 is 0 Å². The number of carbonyl (C=O) groups is 1. The first-order valence-electron chi connectivity index (χ1n) is 8.16. The molecule has 1 N–H and O–H groups in total. The lowest BCUT2D eigenvalue weighted by Gasteiger charge is -2.21. The summed E-state index contributed by atoms with van der Waals surface area (Å²) in [6.45, 7) is 6.18. The molecule has 6 nitrogen and oxygen atoms in total. The summed E-state index contributed by atoms with van der Waals surface area (Å²) >= 11 is 0. The van der Waals surface area contributed by atoms with Crippen LogP contribution in [-0.4, -0.2) is 51.2 Å². The van der Waals surface area contributed by atoms with Gasteiger partial charge in [-0.2, -0.15) is 0 Å². The topological polar surface area (TPSA) is 63.2 Å². The number of hydrogen-bond acceptors (Lipinski definition) is 4. The van der Waals surface area contributed by atoms with E-state index in [1.54, 1.807) is 14.2 Å². The Labute approximate surface area is 143 Å². The van der Waals surface area contributed by atoms with Gasteiger partial charge in [-0.05, 0) is 36.1 Å². The molecule has 1 aliphatic heterocycles. The molecule has 0 aliphatic carbocycles. The van der Waals surface area contributed by atoms with Crippen molar-refractivity contribution in [2.45, 2.75) is 20.4 Å². The summed E-state index contributed by atoms with van der Waals surface area (Å²) in [5.41, 5.74) is 2.28. The molecule has 1 aromatic carbocycles. The van der Waals surface area contributed by atoms with Gasteiger partial charge in [-0.25, -0.2) is 0 Å². The van der Waals surface area contributed by atoms with Gasteiger partial charge in [0.1, 0.15) is 5.75 Å². The van der Waals surface area contributed by atoms with Crippen molar-refractivity contribution in [2.24, 2.45) is 16.8 Å². The van der Waals surface area contributed by atoms with Crippen LogP contribution in [0.1, 0.15) is 18.1 Å². The Morgan fingerprint density at radius 1 is 1.33 bits per heavy atom. The predicted molar refractivity (Wildman–Crippen MR) is 94.2 cm³/mol. The molecule has 1 saturated heterocycles. The van der Waals surface area contributed by atoms with Gasteiger partial charge in [0.25, 0.3) is 0 Å². The first-order valence-corrected chi connectivity index (χ1v) is 8.16. The van der Waals surface area contributed by atoms with Crippen LogP contribution in [0.3, 0.4) is 0 Å². The number of ether oxygens (including phenoxy) is 2. The molecular formula is C18H27N3O3. The number of nitrogens with one attached hydrogen (secondary N) is 1. The number of rotatable bonds is 4. The SMILES string of the molecule is CN=C(NCc1cc(C)cc(OC)c1)N1CC(C)C(C(=O)OC)C1. The molecule has 24 heavy (non-hydrogen) atoms. The highest BCUT2D eigenvalue weighted by atomic mass is 16.5. The summed E-state index contributed by atoms with van der Waals surface area (Å²) in [7, 11) is 4.87. The molecule has 1 heterocycles. The van der Waals surface area contributed by atoms with Crippen LogP contribution < -0.4 is 10.1 Å². The van der Waals surface area contributed by atoms with Gasteiger partial charge >= 0.3 is 5.97 Å². The number of nitrogens with zero attached hydrogens (tertiary/aromatic N) is 2. The zero-order valence-electron chi connectivity index (χ0n) is 15.1. The Morgan fingerprint density at radius 2 is 2.08 bits per heavy atom. The van der Waals surface area contributed by atoms with Crippen LogP contribution >= 0.6 is 0 Å². The Kier molecular flexibility index (Phi) is 6.06. The van der Waals surface area contributed by atoms with Crippen LogP contribution in [0.15, 0.2) is 23.2 Å². The number of esters is 1. The normalized spacial score (nSPS) is 20.9. The van der Waals surface area contributed by atoms with Gasteiger partial charge in [0.2, 0.25) is 0 Å².